The van der Waals surface area contributed by atoms with Gasteiger partial charge in [0.05, 0.1) is 11.6 Å². The molecule has 0 bridgehead atoms. The molecular weight excluding hydrogens is 301 g/mol. The molecule has 0 radical (unpaired) electrons. The van der Waals surface area contributed by atoms with Crippen LogP contribution in [0.15, 0.2) is 23.1 Å². The number of nitrogens with two attached hydrogens (primary N) is 1. The van der Waals surface area contributed by atoms with Crippen LogP contribution in [0.2, 0.25) is 10.0 Å². The Hall–Kier alpha value is -0.860. The molecule has 0 spiro atoms. The molecule has 1 amide bonds. The molecule has 9 heteroatoms. The minimum atomic E-state index is -3.90. The average Bonchev–Trinajstić information content (AvgIpc) is 2.31. The van der Waals surface area contributed by atoms with Gasteiger partial charge in [0.25, 0.3) is 0 Å². The molecule has 100 valence electrons. The van der Waals surface area contributed by atoms with Crippen LogP contribution in [0.1, 0.15) is 0 Å². The first-order valence-electron chi connectivity index (χ1n) is 4.70. The summed E-state index contributed by atoms with van der Waals surface area (Å²) in [5.41, 5.74) is 1.84. The van der Waals surface area contributed by atoms with E-state index in [9.17, 15) is 13.2 Å². The first-order chi connectivity index (χ1) is 8.28. The Morgan fingerprint density at radius 3 is 2.61 bits per heavy atom. The van der Waals surface area contributed by atoms with Gasteiger partial charge >= 0.3 is 0 Å². The van der Waals surface area contributed by atoms with Gasteiger partial charge in [0.2, 0.25) is 15.9 Å². The summed E-state index contributed by atoms with van der Waals surface area (Å²) < 4.78 is 25.1. The van der Waals surface area contributed by atoms with Crippen molar-refractivity contribution in [3.8, 4) is 0 Å². The molecule has 18 heavy (non-hydrogen) atoms. The third kappa shape index (κ3) is 3.33. The van der Waals surface area contributed by atoms with Gasteiger partial charge in [-0.25, -0.2) is 14.3 Å². The molecule has 0 aliphatic carbocycles. The van der Waals surface area contributed by atoms with E-state index >= 15 is 0 Å². The number of halogens is 2. The molecule has 1 aromatic carbocycles. The summed E-state index contributed by atoms with van der Waals surface area (Å²) >= 11 is 11.5. The SMILES string of the molecule is CN(CC(=O)NN)S(=O)(=O)c1cc(Cl)ccc1Cl. The predicted molar refractivity (Wildman–Crippen MR) is 68.6 cm³/mol. The van der Waals surface area contributed by atoms with Gasteiger partial charge in [-0.15, -0.1) is 0 Å². The van der Waals surface area contributed by atoms with Gasteiger partial charge < -0.3 is 0 Å². The molecule has 0 heterocycles. The fourth-order valence-electron chi connectivity index (χ4n) is 1.18. The number of hydrogen-bond donors (Lipinski definition) is 2. The highest BCUT2D eigenvalue weighted by atomic mass is 35.5. The van der Waals surface area contributed by atoms with Crippen LogP contribution in [0.25, 0.3) is 0 Å². The normalized spacial score (nSPS) is 11.6. The monoisotopic (exact) mass is 311 g/mol. The minimum absolute atomic E-state index is 0.0272. The van der Waals surface area contributed by atoms with Gasteiger partial charge in [-0.05, 0) is 18.2 Å². The lowest BCUT2D eigenvalue weighted by Gasteiger charge is -2.17. The highest BCUT2D eigenvalue weighted by Crippen LogP contribution is 2.26. The van der Waals surface area contributed by atoms with Crippen LogP contribution in [-0.4, -0.2) is 32.2 Å². The highest BCUT2D eigenvalue weighted by molar-refractivity contribution is 7.89. The maximum atomic E-state index is 12.1. The quantitative estimate of drug-likeness (QED) is 0.484. The maximum absolute atomic E-state index is 12.1. The molecule has 1 rings (SSSR count). The van der Waals surface area contributed by atoms with Crippen molar-refractivity contribution < 1.29 is 13.2 Å². The third-order valence-electron chi connectivity index (χ3n) is 2.11. The van der Waals surface area contributed by atoms with E-state index in [1.807, 2.05) is 5.43 Å². The molecule has 0 aliphatic heterocycles. The van der Waals surface area contributed by atoms with Gasteiger partial charge in [0, 0.05) is 12.1 Å². The molecular formula is C9H11Cl2N3O3S. The first kappa shape index (κ1) is 15.2. The number of hydrazine groups is 1. The zero-order chi connectivity index (χ0) is 13.9. The predicted octanol–water partition coefficient (Wildman–Crippen LogP) is 0.604. The summed E-state index contributed by atoms with van der Waals surface area (Å²) in [4.78, 5) is 10.9. The average molecular weight is 312 g/mol. The maximum Gasteiger partial charge on any atom is 0.249 e. The van der Waals surface area contributed by atoms with Crippen LogP contribution in [0.5, 0.6) is 0 Å². The topological polar surface area (TPSA) is 92.5 Å². The molecule has 0 atom stereocenters. The van der Waals surface area contributed by atoms with E-state index in [0.29, 0.717) is 0 Å². The van der Waals surface area contributed by atoms with E-state index in [1.54, 1.807) is 0 Å². The number of sulfonamides is 1. The molecule has 0 saturated carbocycles. The van der Waals surface area contributed by atoms with Crippen LogP contribution in [0, 0.1) is 0 Å². The van der Waals surface area contributed by atoms with Crippen LogP contribution >= 0.6 is 23.2 Å². The van der Waals surface area contributed by atoms with Crippen molar-refractivity contribution in [2.75, 3.05) is 13.6 Å². The molecule has 0 unspecified atom stereocenters. The smallest absolute Gasteiger partial charge is 0.249 e. The van der Waals surface area contributed by atoms with E-state index in [1.165, 1.54) is 25.2 Å². The molecule has 3 N–H and O–H groups in total. The van der Waals surface area contributed by atoms with Crippen molar-refractivity contribution in [3.63, 3.8) is 0 Å². The van der Waals surface area contributed by atoms with E-state index in [-0.39, 0.29) is 14.9 Å². The standard InChI is InChI=1S/C9H11Cl2N3O3S/c1-14(5-9(15)13-12)18(16,17)8-4-6(10)2-3-7(8)11/h2-4H,5,12H2,1H3,(H,13,15). The van der Waals surface area contributed by atoms with Crippen LogP contribution in [0.4, 0.5) is 0 Å². The second-order valence-electron chi connectivity index (χ2n) is 3.40. The second kappa shape index (κ2) is 5.85. The summed E-state index contributed by atoms with van der Waals surface area (Å²) in [6.45, 7) is -0.415. The Morgan fingerprint density at radius 1 is 1.44 bits per heavy atom. The molecule has 0 aliphatic rings. The Kier molecular flexibility index (Phi) is 4.94. The van der Waals surface area contributed by atoms with Crippen molar-refractivity contribution in [3.05, 3.63) is 28.2 Å². The van der Waals surface area contributed by atoms with Crippen molar-refractivity contribution >= 4 is 39.1 Å². The molecule has 0 aromatic heterocycles. The second-order valence-corrected chi connectivity index (χ2v) is 6.26. The lowest BCUT2D eigenvalue weighted by atomic mass is 10.4. The van der Waals surface area contributed by atoms with Crippen molar-refractivity contribution in [2.45, 2.75) is 4.90 Å². The van der Waals surface area contributed by atoms with E-state index < -0.39 is 22.5 Å². The van der Waals surface area contributed by atoms with Crippen molar-refractivity contribution in [1.29, 1.82) is 0 Å². The molecule has 0 fully saturated rings. The number of hydrogen-bond acceptors (Lipinski definition) is 4. The Balaban J connectivity index is 3.13. The van der Waals surface area contributed by atoms with Gasteiger partial charge in [0.1, 0.15) is 4.90 Å². The largest absolute Gasteiger partial charge is 0.293 e. The summed E-state index contributed by atoms with van der Waals surface area (Å²) in [7, 11) is -2.66. The van der Waals surface area contributed by atoms with Crippen LogP contribution < -0.4 is 11.3 Å². The fourth-order valence-corrected chi connectivity index (χ4v) is 3.04. The first-order valence-corrected chi connectivity index (χ1v) is 6.89. The number of rotatable bonds is 4. The number of nitrogens with one attached hydrogen (secondary N) is 1. The molecule has 6 nitrogen and oxygen atoms in total. The number of benzene rings is 1. The fraction of sp³-hybridized carbons (Fsp3) is 0.222. The third-order valence-corrected chi connectivity index (χ3v) is 4.63. The Labute approximate surface area is 115 Å². The van der Waals surface area contributed by atoms with Gasteiger partial charge in [0.15, 0.2) is 0 Å². The Bertz CT molecular complexity index is 562. The summed E-state index contributed by atoms with van der Waals surface area (Å²) in [6.07, 6.45) is 0. The van der Waals surface area contributed by atoms with E-state index in [0.717, 1.165) is 4.31 Å². The molecule has 0 saturated heterocycles. The summed E-state index contributed by atoms with van der Waals surface area (Å²) in [5.74, 6) is 4.25. The lowest BCUT2D eigenvalue weighted by Crippen LogP contribution is -2.41. The zero-order valence-electron chi connectivity index (χ0n) is 9.35. The van der Waals surface area contributed by atoms with E-state index in [2.05, 4.69) is 0 Å². The van der Waals surface area contributed by atoms with Gasteiger partial charge in [-0.1, -0.05) is 23.2 Å². The number of carbonyl (C=O) groups is 1. The minimum Gasteiger partial charge on any atom is -0.293 e. The van der Waals surface area contributed by atoms with Crippen molar-refractivity contribution in [2.24, 2.45) is 5.84 Å². The van der Waals surface area contributed by atoms with Crippen molar-refractivity contribution in [1.82, 2.24) is 9.73 Å². The van der Waals surface area contributed by atoms with E-state index in [4.69, 9.17) is 29.0 Å². The molecule has 1 aromatic rings. The van der Waals surface area contributed by atoms with Crippen LogP contribution in [-0.2, 0) is 14.8 Å². The number of nitrogens with zero attached hydrogens (tertiary/aromatic N) is 1. The lowest BCUT2D eigenvalue weighted by molar-refractivity contribution is -0.121. The summed E-state index contributed by atoms with van der Waals surface area (Å²) in [6, 6.07) is 4.05. The van der Waals surface area contributed by atoms with Gasteiger partial charge in [-0.3, -0.25) is 10.2 Å². The Morgan fingerprint density at radius 2 is 2.06 bits per heavy atom. The number of likely N-dealkylation sites (N-methyl/N-ethyl adjacent to an activating group) is 1. The summed E-state index contributed by atoms with van der Waals surface area (Å²) in [5, 5.41) is 0.258. The van der Waals surface area contributed by atoms with Gasteiger partial charge in [-0.2, -0.15) is 4.31 Å². The number of carbonyl (C=O) groups excluding carboxylic acids is 1. The van der Waals surface area contributed by atoms with Crippen LogP contribution in [0.3, 0.4) is 0 Å². The zero-order valence-corrected chi connectivity index (χ0v) is 11.7. The number of amides is 1. The highest BCUT2D eigenvalue weighted by Gasteiger charge is 2.25.